The molecule has 2 unspecified atom stereocenters. The standard InChI is InChI=1S/C19H16ClN3O2/c1-11-16(20)6-3-7-17(11)23-19(25)15-9-14(15)18(24)22-13-5-2-4-12(8-13)10-21/h2-8,14-15H,9H2,1H3,(H,22,24)(H,23,25). The third-order valence-electron chi connectivity index (χ3n) is 4.25. The van der Waals surface area contributed by atoms with E-state index < -0.39 is 0 Å². The molecular formula is C19H16ClN3O2. The first-order valence-electron chi connectivity index (χ1n) is 7.86. The van der Waals surface area contributed by atoms with Crippen molar-refractivity contribution in [1.82, 2.24) is 0 Å². The van der Waals surface area contributed by atoms with Crippen molar-refractivity contribution in [3.63, 3.8) is 0 Å². The van der Waals surface area contributed by atoms with Crippen LogP contribution in [0.1, 0.15) is 17.5 Å². The molecule has 1 saturated carbocycles. The van der Waals surface area contributed by atoms with Crippen LogP contribution in [0.3, 0.4) is 0 Å². The maximum atomic E-state index is 12.3. The van der Waals surface area contributed by atoms with E-state index in [2.05, 4.69) is 10.6 Å². The number of hydrogen-bond donors (Lipinski definition) is 2. The van der Waals surface area contributed by atoms with E-state index >= 15 is 0 Å². The van der Waals surface area contributed by atoms with E-state index in [4.69, 9.17) is 16.9 Å². The summed E-state index contributed by atoms with van der Waals surface area (Å²) in [5, 5.41) is 15.1. The number of carbonyl (C=O) groups is 2. The quantitative estimate of drug-likeness (QED) is 0.878. The van der Waals surface area contributed by atoms with Crippen LogP contribution < -0.4 is 10.6 Å². The number of hydrogen-bond acceptors (Lipinski definition) is 3. The van der Waals surface area contributed by atoms with E-state index in [-0.39, 0.29) is 23.7 Å². The Bertz CT molecular complexity index is 888. The molecule has 1 fully saturated rings. The Morgan fingerprint density at radius 2 is 1.80 bits per heavy atom. The third-order valence-corrected chi connectivity index (χ3v) is 4.66. The first kappa shape index (κ1) is 17.0. The number of anilines is 2. The molecule has 2 amide bonds. The first-order valence-corrected chi connectivity index (χ1v) is 8.24. The summed E-state index contributed by atoms with van der Waals surface area (Å²) >= 11 is 6.05. The highest BCUT2D eigenvalue weighted by Gasteiger charge is 2.48. The monoisotopic (exact) mass is 353 g/mol. The van der Waals surface area contributed by atoms with Gasteiger partial charge in [-0.3, -0.25) is 9.59 Å². The summed E-state index contributed by atoms with van der Waals surface area (Å²) in [7, 11) is 0. The number of nitriles is 1. The minimum atomic E-state index is -0.356. The lowest BCUT2D eigenvalue weighted by Gasteiger charge is -2.09. The van der Waals surface area contributed by atoms with E-state index in [1.807, 2.05) is 13.0 Å². The summed E-state index contributed by atoms with van der Waals surface area (Å²) in [6.45, 7) is 1.83. The second-order valence-electron chi connectivity index (χ2n) is 6.03. The van der Waals surface area contributed by atoms with Gasteiger partial charge in [0.25, 0.3) is 0 Å². The van der Waals surface area contributed by atoms with Gasteiger partial charge in [-0.2, -0.15) is 5.26 Å². The third kappa shape index (κ3) is 3.81. The van der Waals surface area contributed by atoms with Crippen LogP contribution in [0, 0.1) is 30.1 Å². The lowest BCUT2D eigenvalue weighted by Crippen LogP contribution is -2.21. The molecule has 0 radical (unpaired) electrons. The number of amides is 2. The number of nitrogens with zero attached hydrogens (tertiary/aromatic N) is 1. The van der Waals surface area contributed by atoms with Gasteiger partial charge in [0.15, 0.2) is 0 Å². The summed E-state index contributed by atoms with van der Waals surface area (Å²) in [6, 6.07) is 14.0. The average Bonchev–Trinajstić information content (AvgIpc) is 3.40. The molecule has 5 nitrogen and oxygen atoms in total. The molecule has 0 aromatic heterocycles. The van der Waals surface area contributed by atoms with E-state index in [0.717, 1.165) is 5.56 Å². The predicted octanol–water partition coefficient (Wildman–Crippen LogP) is 3.73. The lowest BCUT2D eigenvalue weighted by atomic mass is 10.2. The molecule has 0 saturated heterocycles. The van der Waals surface area contributed by atoms with Crippen molar-refractivity contribution >= 4 is 34.8 Å². The second kappa shape index (κ2) is 6.96. The predicted molar refractivity (Wildman–Crippen MR) is 96.2 cm³/mol. The maximum Gasteiger partial charge on any atom is 0.228 e. The minimum Gasteiger partial charge on any atom is -0.326 e. The zero-order chi connectivity index (χ0) is 18.0. The number of carbonyl (C=O) groups excluding carboxylic acids is 2. The largest absolute Gasteiger partial charge is 0.326 e. The Hall–Kier alpha value is -2.84. The van der Waals surface area contributed by atoms with Crippen LogP contribution in [0.2, 0.25) is 5.02 Å². The van der Waals surface area contributed by atoms with Crippen molar-refractivity contribution in [2.45, 2.75) is 13.3 Å². The summed E-state index contributed by atoms with van der Waals surface area (Å²) in [5.41, 5.74) is 2.48. The number of rotatable bonds is 4. The Labute approximate surface area is 150 Å². The van der Waals surface area contributed by atoms with Crippen molar-refractivity contribution in [3.05, 3.63) is 58.6 Å². The van der Waals surface area contributed by atoms with E-state index in [1.165, 1.54) is 0 Å². The fourth-order valence-corrected chi connectivity index (χ4v) is 2.82. The van der Waals surface area contributed by atoms with Crippen molar-refractivity contribution in [3.8, 4) is 6.07 Å². The van der Waals surface area contributed by atoms with E-state index in [0.29, 0.717) is 28.4 Å². The van der Waals surface area contributed by atoms with Crippen LogP contribution in [0.25, 0.3) is 0 Å². The maximum absolute atomic E-state index is 12.3. The van der Waals surface area contributed by atoms with Gasteiger partial charge in [-0.1, -0.05) is 23.7 Å². The molecule has 2 N–H and O–H groups in total. The van der Waals surface area contributed by atoms with Gasteiger partial charge in [-0.25, -0.2) is 0 Å². The minimum absolute atomic E-state index is 0.184. The second-order valence-corrected chi connectivity index (χ2v) is 6.44. The van der Waals surface area contributed by atoms with Crippen LogP contribution >= 0.6 is 11.6 Å². The van der Waals surface area contributed by atoms with Gasteiger partial charge in [-0.05, 0) is 49.2 Å². The lowest BCUT2D eigenvalue weighted by molar-refractivity contribution is -0.122. The highest BCUT2D eigenvalue weighted by molar-refractivity contribution is 6.31. The van der Waals surface area contributed by atoms with Crippen molar-refractivity contribution in [2.75, 3.05) is 10.6 Å². The number of halogens is 1. The Balaban J connectivity index is 1.60. The molecule has 1 aliphatic carbocycles. The topological polar surface area (TPSA) is 82.0 Å². The molecule has 0 heterocycles. The molecule has 1 aliphatic rings. The molecule has 25 heavy (non-hydrogen) atoms. The average molecular weight is 354 g/mol. The van der Waals surface area contributed by atoms with Crippen LogP contribution in [0.15, 0.2) is 42.5 Å². The summed E-state index contributed by atoms with van der Waals surface area (Å²) in [4.78, 5) is 24.6. The molecule has 3 rings (SSSR count). The van der Waals surface area contributed by atoms with Gasteiger partial charge in [-0.15, -0.1) is 0 Å². The van der Waals surface area contributed by atoms with Gasteiger partial charge < -0.3 is 10.6 Å². The van der Waals surface area contributed by atoms with Gasteiger partial charge in [0.1, 0.15) is 0 Å². The highest BCUT2D eigenvalue weighted by Crippen LogP contribution is 2.40. The molecule has 0 aliphatic heterocycles. The molecule has 126 valence electrons. The molecular weight excluding hydrogens is 338 g/mol. The van der Waals surface area contributed by atoms with E-state index in [1.54, 1.807) is 42.5 Å². The summed E-state index contributed by atoms with van der Waals surface area (Å²) in [5.74, 6) is -1.10. The fourth-order valence-electron chi connectivity index (χ4n) is 2.64. The summed E-state index contributed by atoms with van der Waals surface area (Å²) < 4.78 is 0. The highest BCUT2D eigenvalue weighted by atomic mass is 35.5. The molecule has 6 heteroatoms. The van der Waals surface area contributed by atoms with Crippen molar-refractivity contribution in [2.24, 2.45) is 11.8 Å². The molecule has 0 bridgehead atoms. The number of nitrogens with one attached hydrogen (secondary N) is 2. The fraction of sp³-hybridized carbons (Fsp3) is 0.211. The van der Waals surface area contributed by atoms with Crippen LogP contribution in [0.5, 0.6) is 0 Å². The Kier molecular flexibility index (Phi) is 4.73. The Morgan fingerprint density at radius 1 is 1.12 bits per heavy atom. The molecule has 2 atom stereocenters. The Morgan fingerprint density at radius 3 is 2.52 bits per heavy atom. The first-order chi connectivity index (χ1) is 12.0. The van der Waals surface area contributed by atoms with E-state index in [9.17, 15) is 9.59 Å². The van der Waals surface area contributed by atoms with Crippen LogP contribution in [-0.4, -0.2) is 11.8 Å². The van der Waals surface area contributed by atoms with Crippen LogP contribution in [-0.2, 0) is 9.59 Å². The van der Waals surface area contributed by atoms with Gasteiger partial charge in [0.2, 0.25) is 11.8 Å². The van der Waals surface area contributed by atoms with Gasteiger partial charge >= 0.3 is 0 Å². The molecule has 2 aromatic carbocycles. The normalized spacial score (nSPS) is 18.1. The zero-order valence-corrected chi connectivity index (χ0v) is 14.3. The molecule has 0 spiro atoms. The molecule has 2 aromatic rings. The SMILES string of the molecule is Cc1c(Cl)cccc1NC(=O)C1CC1C(=O)Nc1cccc(C#N)c1. The summed E-state index contributed by atoms with van der Waals surface area (Å²) in [6.07, 6.45) is 0.509. The van der Waals surface area contributed by atoms with Crippen molar-refractivity contribution in [1.29, 1.82) is 5.26 Å². The van der Waals surface area contributed by atoms with Crippen LogP contribution in [0.4, 0.5) is 11.4 Å². The smallest absolute Gasteiger partial charge is 0.228 e. The number of benzene rings is 2. The van der Waals surface area contributed by atoms with Gasteiger partial charge in [0.05, 0.1) is 23.5 Å². The van der Waals surface area contributed by atoms with Crippen molar-refractivity contribution < 1.29 is 9.59 Å². The zero-order valence-electron chi connectivity index (χ0n) is 13.5. The van der Waals surface area contributed by atoms with Gasteiger partial charge in [0, 0.05) is 16.4 Å².